The number of aliphatic hydroxyl groups is 1. The van der Waals surface area contributed by atoms with Crippen LogP contribution in [0.4, 0.5) is 0 Å². The number of carbonyl (C=O) groups excluding carboxylic acids is 2. The summed E-state index contributed by atoms with van der Waals surface area (Å²) in [6, 6.07) is 25.8. The molecule has 1 N–H and O–H groups in total. The van der Waals surface area contributed by atoms with Crippen LogP contribution in [0, 0.1) is 0 Å². The lowest BCUT2D eigenvalue weighted by atomic mass is 9.80. The molecule has 0 bridgehead atoms. The van der Waals surface area contributed by atoms with Gasteiger partial charge in [0.2, 0.25) is 5.91 Å². The van der Waals surface area contributed by atoms with Gasteiger partial charge in [0, 0.05) is 25.9 Å². The molecule has 1 fully saturated rings. The zero-order chi connectivity index (χ0) is 31.9. The number of hydrogen-bond acceptors (Lipinski definition) is 7. The van der Waals surface area contributed by atoms with Crippen LogP contribution in [0.15, 0.2) is 78.9 Å². The van der Waals surface area contributed by atoms with E-state index in [4.69, 9.17) is 18.9 Å². The van der Waals surface area contributed by atoms with E-state index in [1.54, 1.807) is 14.2 Å². The highest BCUT2D eigenvalue weighted by molar-refractivity contribution is 5.76. The number of benzene rings is 3. The van der Waals surface area contributed by atoms with Gasteiger partial charge in [-0.2, -0.15) is 0 Å². The van der Waals surface area contributed by atoms with Crippen molar-refractivity contribution < 1.29 is 33.6 Å². The molecule has 1 unspecified atom stereocenters. The third kappa shape index (κ3) is 9.16. The van der Waals surface area contributed by atoms with Gasteiger partial charge in [0.15, 0.2) is 0 Å². The van der Waals surface area contributed by atoms with E-state index < -0.39 is 17.8 Å². The van der Waals surface area contributed by atoms with E-state index in [1.807, 2.05) is 83.8 Å². The molecule has 0 spiro atoms. The van der Waals surface area contributed by atoms with Crippen molar-refractivity contribution in [1.29, 1.82) is 0 Å². The quantitative estimate of drug-likeness (QED) is 0.108. The zero-order valence-corrected chi connectivity index (χ0v) is 26.6. The van der Waals surface area contributed by atoms with Crippen LogP contribution >= 0.6 is 0 Å². The number of ether oxygens (including phenoxy) is 4. The molecule has 1 heterocycles. The number of hydrogen-bond donors (Lipinski definition) is 1. The van der Waals surface area contributed by atoms with Crippen molar-refractivity contribution in [2.45, 2.75) is 69.2 Å². The maximum atomic E-state index is 13.3. The molecule has 8 heteroatoms. The number of amides is 1. The van der Waals surface area contributed by atoms with Crippen LogP contribution in [0.25, 0.3) is 0 Å². The Morgan fingerprint density at radius 3 is 1.89 bits per heavy atom. The average Bonchev–Trinajstić information content (AvgIpc) is 3.10. The summed E-state index contributed by atoms with van der Waals surface area (Å²) < 4.78 is 24.1. The molecular formula is C37H47NO7. The van der Waals surface area contributed by atoms with Gasteiger partial charge in [-0.05, 0) is 53.8 Å². The molecule has 0 aromatic heterocycles. The van der Waals surface area contributed by atoms with E-state index >= 15 is 0 Å². The molecule has 2 atom stereocenters. The zero-order valence-electron chi connectivity index (χ0n) is 26.6. The molecule has 1 aliphatic heterocycles. The lowest BCUT2D eigenvalue weighted by Gasteiger charge is -2.41. The number of unbranched alkanes of at least 4 members (excludes halogenated alkanes) is 6. The van der Waals surface area contributed by atoms with Crippen LogP contribution in [0.3, 0.4) is 0 Å². The van der Waals surface area contributed by atoms with Crippen molar-refractivity contribution in [3.8, 4) is 11.5 Å². The second-order valence-corrected chi connectivity index (χ2v) is 11.5. The van der Waals surface area contributed by atoms with Gasteiger partial charge in [-0.25, -0.2) is 0 Å². The molecule has 45 heavy (non-hydrogen) atoms. The number of aldehydes is 1. The van der Waals surface area contributed by atoms with Gasteiger partial charge in [-0.3, -0.25) is 4.79 Å². The highest BCUT2D eigenvalue weighted by Crippen LogP contribution is 2.42. The van der Waals surface area contributed by atoms with Gasteiger partial charge in [-0.15, -0.1) is 0 Å². The van der Waals surface area contributed by atoms with Crippen LogP contribution in [0.2, 0.25) is 0 Å². The Bertz CT molecular complexity index is 1250. The fourth-order valence-corrected chi connectivity index (χ4v) is 5.98. The minimum atomic E-state index is -1.00. The highest BCUT2D eigenvalue weighted by atomic mass is 16.6. The minimum absolute atomic E-state index is 0.0716. The predicted octanol–water partition coefficient (Wildman–Crippen LogP) is 5.92. The average molecular weight is 618 g/mol. The van der Waals surface area contributed by atoms with E-state index in [0.717, 1.165) is 73.0 Å². The number of aliphatic hydroxyl groups excluding tert-OH is 1. The molecule has 0 saturated carbocycles. The standard InChI is InChI=1S/C37H47NO7/c1-42-32-20-16-30(17-21-32)37(29-13-9-8-10-14-29,31-18-22-33(43-2)23-19-31)44-28-35-26-38(25-34(27-40)45-35)36(41)15-11-6-4-3-5-7-12-24-39/h8-10,13-14,16-24,34-35,40H,3-7,11-12,15,25-28H2,1-2H3/t34-,35?/m0/s1. The van der Waals surface area contributed by atoms with Crippen LogP contribution in [-0.2, 0) is 24.7 Å². The summed E-state index contributed by atoms with van der Waals surface area (Å²) in [5.74, 6) is 1.55. The van der Waals surface area contributed by atoms with Crippen LogP contribution in [0.5, 0.6) is 11.5 Å². The van der Waals surface area contributed by atoms with Gasteiger partial charge in [0.1, 0.15) is 23.4 Å². The third-order valence-corrected chi connectivity index (χ3v) is 8.41. The fourth-order valence-electron chi connectivity index (χ4n) is 5.98. The number of morpholine rings is 1. The Morgan fingerprint density at radius 1 is 0.800 bits per heavy atom. The van der Waals surface area contributed by atoms with E-state index in [9.17, 15) is 14.7 Å². The van der Waals surface area contributed by atoms with E-state index in [0.29, 0.717) is 25.9 Å². The molecule has 3 aromatic carbocycles. The van der Waals surface area contributed by atoms with Crippen molar-refractivity contribution in [3.05, 3.63) is 95.6 Å². The van der Waals surface area contributed by atoms with Gasteiger partial charge >= 0.3 is 0 Å². The minimum Gasteiger partial charge on any atom is -0.497 e. The Hall–Kier alpha value is -3.72. The van der Waals surface area contributed by atoms with Crippen LogP contribution < -0.4 is 9.47 Å². The summed E-state index contributed by atoms with van der Waals surface area (Å²) in [4.78, 5) is 25.5. The fraction of sp³-hybridized carbons (Fsp3) is 0.459. The lowest BCUT2D eigenvalue weighted by Crippen LogP contribution is -2.53. The molecule has 242 valence electrons. The summed E-state index contributed by atoms with van der Waals surface area (Å²) in [7, 11) is 3.28. The summed E-state index contributed by atoms with van der Waals surface area (Å²) in [5.41, 5.74) is 1.76. The Kier molecular flexibility index (Phi) is 13.4. The predicted molar refractivity (Wildman–Crippen MR) is 174 cm³/mol. The van der Waals surface area contributed by atoms with E-state index in [1.165, 1.54) is 0 Å². The molecule has 3 aromatic rings. The summed E-state index contributed by atoms with van der Waals surface area (Å²) >= 11 is 0. The van der Waals surface area contributed by atoms with Gasteiger partial charge in [0.05, 0.1) is 39.6 Å². The van der Waals surface area contributed by atoms with Crippen LogP contribution in [-0.4, -0.2) is 74.9 Å². The van der Waals surface area contributed by atoms with Crippen LogP contribution in [0.1, 0.15) is 68.1 Å². The van der Waals surface area contributed by atoms with Gasteiger partial charge in [0.25, 0.3) is 0 Å². The second kappa shape index (κ2) is 17.7. The largest absolute Gasteiger partial charge is 0.497 e. The Labute approximate surface area is 267 Å². The number of methoxy groups -OCH3 is 2. The first kappa shape index (κ1) is 34.2. The normalized spacial score (nSPS) is 16.7. The van der Waals surface area contributed by atoms with Crippen molar-refractivity contribution >= 4 is 12.2 Å². The number of carbonyl (C=O) groups is 2. The maximum absolute atomic E-state index is 13.3. The Balaban J connectivity index is 1.53. The molecule has 0 radical (unpaired) electrons. The highest BCUT2D eigenvalue weighted by Gasteiger charge is 2.40. The smallest absolute Gasteiger partial charge is 0.222 e. The van der Waals surface area contributed by atoms with E-state index in [-0.39, 0.29) is 19.1 Å². The number of nitrogens with zero attached hydrogens (tertiary/aromatic N) is 1. The van der Waals surface area contributed by atoms with Crippen molar-refractivity contribution in [2.75, 3.05) is 40.5 Å². The third-order valence-electron chi connectivity index (χ3n) is 8.41. The first-order valence-electron chi connectivity index (χ1n) is 16.0. The summed E-state index contributed by atoms with van der Waals surface area (Å²) in [6.45, 7) is 0.755. The molecule has 4 rings (SSSR count). The van der Waals surface area contributed by atoms with Crippen molar-refractivity contribution in [3.63, 3.8) is 0 Å². The SMILES string of the molecule is COc1ccc(C(OCC2CN(C(=O)CCCCCCCCC=O)C[C@@H](CO)O2)(c2ccccc2)c2ccc(OC)cc2)cc1. The molecule has 1 amide bonds. The summed E-state index contributed by atoms with van der Waals surface area (Å²) in [5, 5.41) is 10.1. The molecular weight excluding hydrogens is 570 g/mol. The lowest BCUT2D eigenvalue weighted by molar-refractivity contribution is -0.160. The Morgan fingerprint density at radius 2 is 1.33 bits per heavy atom. The summed E-state index contributed by atoms with van der Waals surface area (Å²) in [6.07, 6.45) is 7.07. The molecule has 8 nitrogen and oxygen atoms in total. The van der Waals surface area contributed by atoms with E-state index in [2.05, 4.69) is 0 Å². The maximum Gasteiger partial charge on any atom is 0.222 e. The second-order valence-electron chi connectivity index (χ2n) is 11.5. The molecule has 1 saturated heterocycles. The molecule has 1 aliphatic rings. The number of rotatable bonds is 18. The monoisotopic (exact) mass is 617 g/mol. The van der Waals surface area contributed by atoms with Gasteiger partial charge < -0.3 is 33.7 Å². The van der Waals surface area contributed by atoms with Gasteiger partial charge in [-0.1, -0.05) is 80.3 Å². The van der Waals surface area contributed by atoms with Crippen molar-refractivity contribution in [2.24, 2.45) is 0 Å². The first-order valence-corrected chi connectivity index (χ1v) is 16.0. The topological polar surface area (TPSA) is 94.5 Å². The first-order chi connectivity index (χ1) is 22.0. The van der Waals surface area contributed by atoms with Crippen molar-refractivity contribution in [1.82, 2.24) is 4.90 Å². The molecule has 0 aliphatic carbocycles.